The van der Waals surface area contributed by atoms with Crippen LogP contribution in [0.5, 0.6) is 11.5 Å². The van der Waals surface area contributed by atoms with Gasteiger partial charge in [-0.05, 0) is 47.2 Å². The Morgan fingerprint density at radius 3 is 1.69 bits per heavy atom. The monoisotopic (exact) mass is 356 g/mol. The third-order valence-electron chi connectivity index (χ3n) is 4.78. The minimum atomic E-state index is -2.31. The van der Waals surface area contributed by atoms with Crippen LogP contribution >= 0.6 is 0 Å². The molecule has 4 aromatic carbocycles. The van der Waals surface area contributed by atoms with E-state index in [1.807, 2.05) is 19.1 Å². The molecule has 5 rings (SSSR count). The van der Waals surface area contributed by atoms with E-state index < -0.39 is 15.1 Å². The molecule has 0 saturated heterocycles. The summed E-state index contributed by atoms with van der Waals surface area (Å²) < 4.78 is 18.3. The van der Waals surface area contributed by atoms with Gasteiger partial charge in [-0.1, -0.05) is 60.7 Å². The molecular weight excluding hydrogens is 339 g/mol. The SMILES string of the molecule is CC[O][Al-]1[O]c2ccc3ccccc3c2-c2c(ccc3ccccc23)[O]1. The van der Waals surface area contributed by atoms with Crippen LogP contribution in [0.25, 0.3) is 32.7 Å². The predicted molar refractivity (Wildman–Crippen MR) is 106 cm³/mol. The summed E-state index contributed by atoms with van der Waals surface area (Å²) in [7, 11) is 0. The van der Waals surface area contributed by atoms with Crippen molar-refractivity contribution in [1.29, 1.82) is 0 Å². The van der Waals surface area contributed by atoms with Crippen molar-refractivity contribution in [2.45, 2.75) is 6.92 Å². The molecule has 3 nitrogen and oxygen atoms in total. The number of benzene rings is 4. The topological polar surface area (TPSA) is 27.7 Å². The predicted octanol–water partition coefficient (Wildman–Crippen LogP) is 5.45. The summed E-state index contributed by atoms with van der Waals surface area (Å²) in [5.41, 5.74) is 2.18. The van der Waals surface area contributed by atoms with Crippen LogP contribution in [-0.2, 0) is 3.79 Å². The van der Waals surface area contributed by atoms with E-state index in [4.69, 9.17) is 11.4 Å². The number of hydrogen-bond donors (Lipinski definition) is 0. The van der Waals surface area contributed by atoms with Crippen LogP contribution in [-0.4, -0.2) is 21.8 Å². The Kier molecular flexibility index (Phi) is 3.83. The maximum absolute atomic E-state index is 6.23. The van der Waals surface area contributed by atoms with Crippen molar-refractivity contribution in [2.24, 2.45) is 0 Å². The van der Waals surface area contributed by atoms with Crippen LogP contribution in [0.4, 0.5) is 0 Å². The van der Waals surface area contributed by atoms with Crippen LogP contribution in [0.15, 0.2) is 72.8 Å². The van der Waals surface area contributed by atoms with Gasteiger partial charge in [-0.2, -0.15) is 0 Å². The van der Waals surface area contributed by atoms with Gasteiger partial charge in [0.05, 0.1) is 11.5 Å². The molecule has 127 valence electrons. The quantitative estimate of drug-likeness (QED) is 0.447. The van der Waals surface area contributed by atoms with Crippen LogP contribution in [0.1, 0.15) is 6.92 Å². The molecule has 0 bridgehead atoms. The van der Waals surface area contributed by atoms with Gasteiger partial charge in [-0.3, -0.25) is 0 Å². The second-order valence-electron chi connectivity index (χ2n) is 6.30. The Morgan fingerprint density at radius 2 is 1.19 bits per heavy atom. The van der Waals surface area contributed by atoms with Crippen molar-refractivity contribution in [3.63, 3.8) is 0 Å². The number of rotatable bonds is 2. The molecular formula is C22H17AlO3-. The lowest BCUT2D eigenvalue weighted by molar-refractivity contribution is 0.214. The van der Waals surface area contributed by atoms with Gasteiger partial charge in [0.2, 0.25) is 0 Å². The molecule has 0 aliphatic carbocycles. The Hall–Kier alpha value is -2.51. The van der Waals surface area contributed by atoms with Gasteiger partial charge in [0.15, 0.2) is 0 Å². The lowest BCUT2D eigenvalue weighted by Gasteiger charge is -2.28. The molecule has 0 aromatic heterocycles. The lowest BCUT2D eigenvalue weighted by Crippen LogP contribution is -2.33. The van der Waals surface area contributed by atoms with E-state index in [9.17, 15) is 0 Å². The molecule has 4 aromatic rings. The average Bonchev–Trinajstić information content (AvgIpc) is 2.84. The highest BCUT2D eigenvalue weighted by Crippen LogP contribution is 2.47. The zero-order valence-corrected chi connectivity index (χ0v) is 15.6. The molecule has 0 spiro atoms. The summed E-state index contributed by atoms with van der Waals surface area (Å²) in [5.74, 6) is 1.67. The van der Waals surface area contributed by atoms with E-state index in [-0.39, 0.29) is 0 Å². The van der Waals surface area contributed by atoms with E-state index in [0.717, 1.165) is 33.4 Å². The zero-order chi connectivity index (χ0) is 17.5. The van der Waals surface area contributed by atoms with Gasteiger partial charge < -0.3 is 11.4 Å². The lowest BCUT2D eigenvalue weighted by atomic mass is 9.92. The smallest absolute Gasteiger partial charge is 0.748 e. The standard InChI is InChI=1S/C20H14O2.C2H5O.Al/c21-17-11-9-13-5-1-3-7-15(13)19(17)20-16-8-4-2-6-14(16)10-12-18(20)22;1-2-3;/h1-12,21-22H;2H2,1H3;/q;-1;+2/p-2. The minimum absolute atomic E-state index is 0.572. The Morgan fingerprint density at radius 1 is 0.692 bits per heavy atom. The van der Waals surface area contributed by atoms with Crippen molar-refractivity contribution >= 4 is 36.7 Å². The number of hydrogen-bond acceptors (Lipinski definition) is 3. The molecule has 0 N–H and O–H groups in total. The third kappa shape index (κ3) is 2.47. The van der Waals surface area contributed by atoms with Crippen LogP contribution < -0.4 is 7.58 Å². The zero-order valence-electron chi connectivity index (χ0n) is 14.4. The van der Waals surface area contributed by atoms with Crippen molar-refractivity contribution in [3.05, 3.63) is 72.8 Å². The van der Waals surface area contributed by atoms with Crippen molar-refractivity contribution in [1.82, 2.24) is 0 Å². The highest BCUT2D eigenvalue weighted by atomic mass is 27.3. The molecule has 0 amide bonds. The highest BCUT2D eigenvalue weighted by molar-refractivity contribution is 6.39. The first-order chi connectivity index (χ1) is 12.8. The van der Waals surface area contributed by atoms with Gasteiger partial charge in [-0.25, -0.2) is 0 Å². The first-order valence-electron chi connectivity index (χ1n) is 8.84. The van der Waals surface area contributed by atoms with Crippen molar-refractivity contribution in [2.75, 3.05) is 6.61 Å². The first-order valence-corrected chi connectivity index (χ1v) is 10.3. The fraction of sp³-hybridized carbons (Fsp3) is 0.0909. The Balaban J connectivity index is 1.91. The molecule has 1 aliphatic rings. The molecule has 1 radical (unpaired) electrons. The second-order valence-corrected chi connectivity index (χ2v) is 7.68. The molecule has 26 heavy (non-hydrogen) atoms. The van der Waals surface area contributed by atoms with E-state index in [1.54, 1.807) is 0 Å². The second kappa shape index (κ2) is 6.34. The third-order valence-corrected chi connectivity index (χ3v) is 6.28. The van der Waals surface area contributed by atoms with E-state index >= 15 is 0 Å². The van der Waals surface area contributed by atoms with Gasteiger partial charge in [-0.15, -0.1) is 0 Å². The summed E-state index contributed by atoms with van der Waals surface area (Å²) in [6.45, 7) is 2.54. The van der Waals surface area contributed by atoms with E-state index in [0.29, 0.717) is 6.61 Å². The Bertz CT molecular complexity index is 1040. The fourth-order valence-corrected chi connectivity index (χ4v) is 4.91. The largest absolute Gasteiger partial charge is 0.764 e. The van der Waals surface area contributed by atoms with Gasteiger partial charge in [0, 0.05) is 11.1 Å². The minimum Gasteiger partial charge on any atom is -0.764 e. The molecule has 0 saturated carbocycles. The summed E-state index contributed by atoms with van der Waals surface area (Å²) in [6.07, 6.45) is 0. The van der Waals surface area contributed by atoms with E-state index in [1.165, 1.54) is 10.8 Å². The fourth-order valence-electron chi connectivity index (χ4n) is 3.65. The first kappa shape index (κ1) is 15.7. The molecule has 1 aliphatic heterocycles. The van der Waals surface area contributed by atoms with Crippen molar-refractivity contribution < 1.29 is 11.4 Å². The van der Waals surface area contributed by atoms with Gasteiger partial charge in [0.25, 0.3) is 0 Å². The maximum atomic E-state index is 6.23. The van der Waals surface area contributed by atoms with Gasteiger partial charge >= 0.3 is 15.1 Å². The molecule has 0 atom stereocenters. The van der Waals surface area contributed by atoms with E-state index in [2.05, 4.69) is 60.7 Å². The average molecular weight is 356 g/mol. The van der Waals surface area contributed by atoms with Crippen LogP contribution in [0.2, 0.25) is 0 Å². The molecule has 4 heteroatoms. The molecule has 0 unspecified atom stereocenters. The summed E-state index contributed by atoms with van der Waals surface area (Å²) in [5, 5.41) is 4.70. The molecule has 0 fully saturated rings. The number of fused-ring (bicyclic) bond motifs is 7. The van der Waals surface area contributed by atoms with Gasteiger partial charge in [0.1, 0.15) is 0 Å². The highest BCUT2D eigenvalue weighted by Gasteiger charge is 2.26. The normalized spacial score (nSPS) is 13.6. The summed E-state index contributed by atoms with van der Waals surface area (Å²) in [6, 6.07) is 25.1. The van der Waals surface area contributed by atoms with Crippen molar-refractivity contribution in [3.8, 4) is 22.6 Å². The summed E-state index contributed by atoms with van der Waals surface area (Å²) in [4.78, 5) is 0. The summed E-state index contributed by atoms with van der Waals surface area (Å²) >= 11 is -2.31. The van der Waals surface area contributed by atoms with Crippen LogP contribution in [0, 0.1) is 0 Å². The molecule has 1 heterocycles. The maximum Gasteiger partial charge on any atom is 0.748 e. The Labute approximate surface area is 157 Å². The van der Waals surface area contributed by atoms with Crippen LogP contribution in [0.3, 0.4) is 0 Å².